The van der Waals surface area contributed by atoms with Crippen molar-refractivity contribution in [3.05, 3.63) is 63.5 Å². The topological polar surface area (TPSA) is 126 Å². The maximum Gasteiger partial charge on any atom is 0.340 e. The van der Waals surface area contributed by atoms with E-state index in [2.05, 4.69) is 44.5 Å². The monoisotopic (exact) mass is 484 g/mol. The Morgan fingerprint density at radius 1 is 1.29 bits per heavy atom. The molecule has 2 aliphatic carbocycles. The van der Waals surface area contributed by atoms with Gasteiger partial charge in [-0.15, -0.1) is 5.10 Å². The van der Waals surface area contributed by atoms with Crippen molar-refractivity contribution in [2.75, 3.05) is 0 Å². The molecule has 0 aliphatic heterocycles. The standard InChI is InChI=1S/C24H26F2N6O3/c1-4-17(21(33)27-11-18-28-22(34)32-30-18)35-24-9-8-13(23(24,2)3)12-10-16(29-31-20(12)24)19-14(25)6-5-7-15(19)26/h5-7,10,13,17H,4,8-9,11H2,1-3H3,(H,27,33)(H2,28,30,32,34)/t13-,17+,24-/m0/s1. The summed E-state index contributed by atoms with van der Waals surface area (Å²) in [5, 5.41) is 17.4. The molecule has 1 aromatic carbocycles. The van der Waals surface area contributed by atoms with Crippen LogP contribution in [0, 0.1) is 17.0 Å². The summed E-state index contributed by atoms with van der Waals surface area (Å²) in [5.41, 5.74) is -0.356. The summed E-state index contributed by atoms with van der Waals surface area (Å²) in [7, 11) is 0. The van der Waals surface area contributed by atoms with Crippen molar-refractivity contribution in [1.82, 2.24) is 30.7 Å². The molecule has 0 saturated heterocycles. The smallest absolute Gasteiger partial charge is 0.340 e. The summed E-state index contributed by atoms with van der Waals surface area (Å²) >= 11 is 0. The van der Waals surface area contributed by atoms with Crippen LogP contribution < -0.4 is 11.0 Å². The Hall–Kier alpha value is -3.47. The lowest BCUT2D eigenvalue weighted by Gasteiger charge is -2.40. The highest BCUT2D eigenvalue weighted by molar-refractivity contribution is 5.80. The molecule has 3 atom stereocenters. The minimum absolute atomic E-state index is 0.0382. The quantitative estimate of drug-likeness (QED) is 0.473. The van der Waals surface area contributed by atoms with Crippen molar-refractivity contribution in [3.63, 3.8) is 0 Å². The minimum atomic E-state index is -0.870. The number of halogens is 2. The van der Waals surface area contributed by atoms with Crippen LogP contribution in [0.4, 0.5) is 8.78 Å². The normalized spacial score (nSPS) is 22.7. The number of nitrogens with zero attached hydrogens (tertiary/aromatic N) is 3. The molecule has 2 aromatic heterocycles. The Labute approximate surface area is 199 Å². The summed E-state index contributed by atoms with van der Waals surface area (Å²) in [4.78, 5) is 26.7. The number of rotatable bonds is 7. The predicted molar refractivity (Wildman–Crippen MR) is 121 cm³/mol. The van der Waals surface area contributed by atoms with Crippen molar-refractivity contribution < 1.29 is 18.3 Å². The Bertz CT molecular complexity index is 1330. The molecule has 184 valence electrons. The average molecular weight is 485 g/mol. The molecule has 2 aliphatic rings. The molecule has 0 unspecified atom stereocenters. The van der Waals surface area contributed by atoms with Gasteiger partial charge in [0.2, 0.25) is 5.91 Å². The minimum Gasteiger partial charge on any atom is -0.355 e. The summed E-state index contributed by atoms with van der Waals surface area (Å²) in [6.45, 7) is 6.02. The maximum absolute atomic E-state index is 14.4. The number of amides is 1. The number of carbonyl (C=O) groups is 1. The SMILES string of the molecule is CC[C@@H](O[C@@]12CC[C@@H](c3cc(-c4c(F)cccc4F)nnc31)C2(C)C)C(=O)NCc1n[nH]c(=O)[nH]1. The van der Waals surface area contributed by atoms with Gasteiger partial charge in [0.1, 0.15) is 29.2 Å². The Balaban J connectivity index is 1.45. The Morgan fingerprint density at radius 2 is 2.03 bits per heavy atom. The van der Waals surface area contributed by atoms with Gasteiger partial charge in [0.15, 0.2) is 0 Å². The van der Waals surface area contributed by atoms with E-state index >= 15 is 0 Å². The number of H-pyrrole nitrogens is 2. The van der Waals surface area contributed by atoms with Crippen LogP contribution in [0.25, 0.3) is 11.3 Å². The van der Waals surface area contributed by atoms with Gasteiger partial charge in [0.25, 0.3) is 0 Å². The maximum atomic E-state index is 14.4. The molecule has 3 N–H and O–H groups in total. The third-order valence-electron chi connectivity index (χ3n) is 7.48. The molecule has 0 radical (unpaired) electrons. The first-order valence-corrected chi connectivity index (χ1v) is 11.6. The first-order chi connectivity index (χ1) is 16.7. The van der Waals surface area contributed by atoms with E-state index in [-0.39, 0.29) is 29.6 Å². The number of hydrogen-bond acceptors (Lipinski definition) is 6. The molecule has 1 saturated carbocycles. The van der Waals surface area contributed by atoms with Crippen molar-refractivity contribution in [2.45, 2.75) is 64.2 Å². The third-order valence-corrected chi connectivity index (χ3v) is 7.48. The van der Waals surface area contributed by atoms with Gasteiger partial charge >= 0.3 is 5.69 Å². The van der Waals surface area contributed by atoms with Gasteiger partial charge in [-0.25, -0.2) is 18.7 Å². The van der Waals surface area contributed by atoms with Gasteiger partial charge in [-0.3, -0.25) is 9.78 Å². The summed E-state index contributed by atoms with van der Waals surface area (Å²) in [6.07, 6.45) is 1.07. The van der Waals surface area contributed by atoms with Crippen molar-refractivity contribution in [2.24, 2.45) is 5.41 Å². The fraction of sp³-hybridized carbons (Fsp3) is 0.458. The second-order valence-electron chi connectivity index (χ2n) is 9.63. The molecule has 5 rings (SSSR count). The summed E-state index contributed by atoms with van der Waals surface area (Å²) in [6, 6.07) is 5.40. The second-order valence-corrected chi connectivity index (χ2v) is 9.63. The van der Waals surface area contributed by atoms with Gasteiger partial charge in [0.05, 0.1) is 23.5 Å². The lowest BCUT2D eigenvalue weighted by atomic mass is 9.77. The van der Waals surface area contributed by atoms with Crippen LogP contribution in [0.1, 0.15) is 63.0 Å². The van der Waals surface area contributed by atoms with Crippen molar-refractivity contribution in [1.29, 1.82) is 0 Å². The third kappa shape index (κ3) is 3.56. The molecule has 1 amide bonds. The first kappa shape index (κ1) is 23.3. The van der Waals surface area contributed by atoms with Crippen LogP contribution >= 0.6 is 0 Å². The molecule has 3 aromatic rings. The van der Waals surface area contributed by atoms with Gasteiger partial charge < -0.3 is 10.1 Å². The van der Waals surface area contributed by atoms with Gasteiger partial charge in [-0.2, -0.15) is 10.2 Å². The van der Waals surface area contributed by atoms with Crippen molar-refractivity contribution >= 4 is 5.91 Å². The van der Waals surface area contributed by atoms with Gasteiger partial charge in [-0.1, -0.05) is 26.8 Å². The lowest BCUT2D eigenvalue weighted by molar-refractivity contribution is -0.168. The predicted octanol–water partition coefficient (Wildman–Crippen LogP) is 3.06. The highest BCUT2D eigenvalue weighted by Crippen LogP contribution is 2.68. The Morgan fingerprint density at radius 3 is 2.69 bits per heavy atom. The molecule has 35 heavy (non-hydrogen) atoms. The molecular formula is C24H26F2N6O3. The Kier molecular flexibility index (Phi) is 5.54. The van der Waals surface area contributed by atoms with E-state index in [0.717, 1.165) is 12.0 Å². The van der Waals surface area contributed by atoms with E-state index in [4.69, 9.17) is 4.74 Å². The zero-order chi connectivity index (χ0) is 25.0. The van der Waals surface area contributed by atoms with Crippen LogP contribution in [0.5, 0.6) is 0 Å². The van der Waals surface area contributed by atoms with Crippen molar-refractivity contribution in [3.8, 4) is 11.3 Å². The zero-order valence-electron chi connectivity index (χ0n) is 19.6. The van der Waals surface area contributed by atoms with E-state index in [1.807, 2.05) is 6.92 Å². The van der Waals surface area contributed by atoms with E-state index < -0.39 is 34.4 Å². The van der Waals surface area contributed by atoms with Crippen LogP contribution in [0.15, 0.2) is 29.1 Å². The zero-order valence-corrected chi connectivity index (χ0v) is 19.6. The summed E-state index contributed by atoms with van der Waals surface area (Å²) in [5.74, 6) is -1.39. The van der Waals surface area contributed by atoms with Crippen LogP contribution in [-0.2, 0) is 21.7 Å². The number of benzene rings is 1. The molecule has 2 heterocycles. The van der Waals surface area contributed by atoms with Gasteiger partial charge in [-0.05, 0) is 48.9 Å². The number of ether oxygens (including phenoxy) is 1. The number of hydrogen-bond donors (Lipinski definition) is 3. The average Bonchev–Trinajstić information content (AvgIpc) is 3.41. The lowest BCUT2D eigenvalue weighted by Crippen LogP contribution is -2.46. The number of aromatic amines is 2. The first-order valence-electron chi connectivity index (χ1n) is 11.6. The van der Waals surface area contributed by atoms with E-state index in [9.17, 15) is 18.4 Å². The van der Waals surface area contributed by atoms with E-state index in [1.54, 1.807) is 6.07 Å². The molecule has 9 nitrogen and oxygen atoms in total. The van der Waals surface area contributed by atoms with Gasteiger partial charge in [0, 0.05) is 5.41 Å². The number of carbonyl (C=O) groups excluding carboxylic acids is 1. The second kappa shape index (κ2) is 8.33. The molecule has 0 spiro atoms. The fourth-order valence-electron chi connectivity index (χ4n) is 5.64. The number of fused-ring (bicyclic) bond motifs is 5. The van der Waals surface area contributed by atoms with E-state index in [1.165, 1.54) is 18.2 Å². The molecule has 2 bridgehead atoms. The molecule has 1 fully saturated rings. The number of aromatic nitrogens is 5. The van der Waals surface area contributed by atoms with E-state index in [0.29, 0.717) is 24.4 Å². The molecule has 11 heteroatoms. The molecular weight excluding hydrogens is 458 g/mol. The van der Waals surface area contributed by atoms with Crippen LogP contribution in [-0.4, -0.2) is 37.4 Å². The largest absolute Gasteiger partial charge is 0.355 e. The number of nitrogens with one attached hydrogen (secondary N) is 3. The highest BCUT2D eigenvalue weighted by atomic mass is 19.1. The highest BCUT2D eigenvalue weighted by Gasteiger charge is 2.65. The van der Waals surface area contributed by atoms with Crippen LogP contribution in [0.2, 0.25) is 0 Å². The fourth-order valence-corrected chi connectivity index (χ4v) is 5.64. The van der Waals surface area contributed by atoms with Crippen LogP contribution in [0.3, 0.4) is 0 Å². The summed E-state index contributed by atoms with van der Waals surface area (Å²) < 4.78 is 35.4.